The number of hydrogen-bond donors (Lipinski definition) is 2. The van der Waals surface area contributed by atoms with Crippen molar-refractivity contribution in [2.75, 3.05) is 33.2 Å². The lowest BCUT2D eigenvalue weighted by molar-refractivity contribution is -0.135. The van der Waals surface area contributed by atoms with Crippen molar-refractivity contribution in [3.63, 3.8) is 0 Å². The molecule has 2 fully saturated rings. The molecule has 1 aliphatic carbocycles. The van der Waals surface area contributed by atoms with Crippen molar-refractivity contribution in [2.24, 2.45) is 10.9 Å². The average molecular weight is 394 g/mol. The summed E-state index contributed by atoms with van der Waals surface area (Å²) < 4.78 is 0. The van der Waals surface area contributed by atoms with Gasteiger partial charge in [0.1, 0.15) is 0 Å². The molecule has 1 amide bonds. The van der Waals surface area contributed by atoms with Gasteiger partial charge in [0.05, 0.1) is 0 Å². The van der Waals surface area contributed by atoms with Crippen LogP contribution in [0.25, 0.3) is 0 Å². The van der Waals surface area contributed by atoms with Gasteiger partial charge in [0.25, 0.3) is 0 Å². The molecule has 0 aromatic heterocycles. The largest absolute Gasteiger partial charge is 0.356 e. The number of carbonyl (C=O) groups is 1. The van der Waals surface area contributed by atoms with E-state index in [-0.39, 0.29) is 5.92 Å². The smallest absolute Gasteiger partial charge is 0.225 e. The van der Waals surface area contributed by atoms with Crippen molar-refractivity contribution in [1.29, 1.82) is 0 Å². The molecule has 2 aliphatic rings. The quantitative estimate of drug-likeness (QED) is 0.378. The molecule has 1 aliphatic heterocycles. The minimum absolute atomic E-state index is 0.273. The van der Waals surface area contributed by atoms with E-state index in [2.05, 4.69) is 53.1 Å². The molecule has 1 saturated carbocycles. The number of likely N-dealkylation sites (tertiary alicyclic amines) is 1. The van der Waals surface area contributed by atoms with Gasteiger partial charge in [-0.15, -0.1) is 0 Å². The number of carbonyl (C=O) groups excluding carboxylic acids is 1. The zero-order valence-electron chi connectivity index (χ0n) is 18.8. The molecular weight excluding hydrogens is 350 g/mol. The van der Waals surface area contributed by atoms with Gasteiger partial charge in [0.2, 0.25) is 5.91 Å². The van der Waals surface area contributed by atoms with E-state index < -0.39 is 0 Å². The maximum Gasteiger partial charge on any atom is 0.225 e. The van der Waals surface area contributed by atoms with Gasteiger partial charge in [-0.2, -0.15) is 0 Å². The molecule has 1 unspecified atom stereocenters. The van der Waals surface area contributed by atoms with E-state index in [1.165, 1.54) is 19.3 Å². The Kier molecular flexibility index (Phi) is 9.56. The third-order valence-corrected chi connectivity index (χ3v) is 6.23. The van der Waals surface area contributed by atoms with Crippen molar-refractivity contribution in [2.45, 2.75) is 90.8 Å². The summed E-state index contributed by atoms with van der Waals surface area (Å²) >= 11 is 0. The van der Waals surface area contributed by atoms with Crippen molar-refractivity contribution in [3.05, 3.63) is 0 Å². The SMILES string of the molecule is CN=C(NCCCN(C(C)C)C(C)C)NC1CCN(C(=O)C2CCCCC2)C1. The van der Waals surface area contributed by atoms with Gasteiger partial charge in [0, 0.05) is 57.3 Å². The Morgan fingerprint density at radius 1 is 1.11 bits per heavy atom. The van der Waals surface area contributed by atoms with Gasteiger partial charge < -0.3 is 15.5 Å². The van der Waals surface area contributed by atoms with Crippen LogP contribution in [-0.2, 0) is 4.79 Å². The molecule has 2 N–H and O–H groups in total. The molecule has 1 heterocycles. The summed E-state index contributed by atoms with van der Waals surface area (Å²) in [6, 6.07) is 1.45. The van der Waals surface area contributed by atoms with Crippen LogP contribution in [0.2, 0.25) is 0 Å². The van der Waals surface area contributed by atoms with Crippen molar-refractivity contribution < 1.29 is 4.79 Å². The second kappa shape index (κ2) is 11.6. The fourth-order valence-electron chi connectivity index (χ4n) is 4.66. The van der Waals surface area contributed by atoms with Gasteiger partial charge in [-0.25, -0.2) is 0 Å². The topological polar surface area (TPSA) is 60.0 Å². The zero-order valence-corrected chi connectivity index (χ0v) is 18.8. The van der Waals surface area contributed by atoms with Gasteiger partial charge >= 0.3 is 0 Å². The summed E-state index contributed by atoms with van der Waals surface area (Å²) in [5.41, 5.74) is 0. The van der Waals surface area contributed by atoms with Crippen LogP contribution in [0.4, 0.5) is 0 Å². The van der Waals surface area contributed by atoms with Gasteiger partial charge in [0.15, 0.2) is 5.96 Å². The molecule has 0 bridgehead atoms. The first-order chi connectivity index (χ1) is 13.4. The molecule has 6 heteroatoms. The third kappa shape index (κ3) is 6.94. The lowest BCUT2D eigenvalue weighted by atomic mass is 9.88. The third-order valence-electron chi connectivity index (χ3n) is 6.23. The van der Waals surface area contributed by atoms with E-state index in [4.69, 9.17) is 0 Å². The maximum absolute atomic E-state index is 12.7. The molecule has 0 aromatic rings. The Bertz CT molecular complexity index is 491. The first-order valence-electron chi connectivity index (χ1n) is 11.4. The van der Waals surface area contributed by atoms with E-state index in [1.807, 2.05) is 7.05 Å². The first kappa shape index (κ1) is 23.0. The van der Waals surface area contributed by atoms with Crippen LogP contribution in [0.1, 0.15) is 72.6 Å². The van der Waals surface area contributed by atoms with E-state index in [0.29, 0.717) is 24.0 Å². The van der Waals surface area contributed by atoms with Crippen LogP contribution in [0.5, 0.6) is 0 Å². The number of hydrogen-bond acceptors (Lipinski definition) is 3. The number of nitrogens with one attached hydrogen (secondary N) is 2. The molecule has 0 spiro atoms. The normalized spacial score (nSPS) is 21.8. The van der Waals surface area contributed by atoms with Crippen LogP contribution < -0.4 is 10.6 Å². The predicted octanol–water partition coefficient (Wildman–Crippen LogP) is 2.84. The van der Waals surface area contributed by atoms with Gasteiger partial charge in [-0.3, -0.25) is 14.7 Å². The second-order valence-corrected chi connectivity index (χ2v) is 9.03. The number of nitrogens with zero attached hydrogens (tertiary/aromatic N) is 3. The van der Waals surface area contributed by atoms with Crippen LogP contribution in [0.3, 0.4) is 0 Å². The van der Waals surface area contributed by atoms with Crippen LogP contribution >= 0.6 is 0 Å². The lowest BCUT2D eigenvalue weighted by Gasteiger charge is -2.30. The zero-order chi connectivity index (χ0) is 20.5. The predicted molar refractivity (Wildman–Crippen MR) is 118 cm³/mol. The standard InChI is InChI=1S/C22H43N5O/c1-17(2)27(18(3)4)14-9-13-24-22(23-5)25-20-12-15-26(16-20)21(28)19-10-7-6-8-11-19/h17-20H,6-16H2,1-5H3,(H2,23,24,25). The fourth-order valence-corrected chi connectivity index (χ4v) is 4.66. The molecule has 0 radical (unpaired) electrons. The van der Waals surface area contributed by atoms with E-state index in [9.17, 15) is 4.79 Å². The highest BCUT2D eigenvalue weighted by atomic mass is 16.2. The van der Waals surface area contributed by atoms with Crippen molar-refractivity contribution in [3.8, 4) is 0 Å². The number of amides is 1. The van der Waals surface area contributed by atoms with E-state index >= 15 is 0 Å². The summed E-state index contributed by atoms with van der Waals surface area (Å²) in [5, 5.41) is 6.96. The van der Waals surface area contributed by atoms with Gasteiger partial charge in [-0.05, 0) is 53.4 Å². The molecule has 28 heavy (non-hydrogen) atoms. The van der Waals surface area contributed by atoms with Crippen LogP contribution in [-0.4, -0.2) is 73.0 Å². The summed E-state index contributed by atoms with van der Waals surface area (Å²) in [6.45, 7) is 12.7. The Morgan fingerprint density at radius 3 is 2.39 bits per heavy atom. The summed E-state index contributed by atoms with van der Waals surface area (Å²) in [6.07, 6.45) is 7.99. The highest BCUT2D eigenvalue weighted by Crippen LogP contribution is 2.26. The number of rotatable bonds is 8. The Hall–Kier alpha value is -1.30. The van der Waals surface area contributed by atoms with Gasteiger partial charge in [-0.1, -0.05) is 19.3 Å². The van der Waals surface area contributed by atoms with Crippen molar-refractivity contribution in [1.82, 2.24) is 20.4 Å². The Morgan fingerprint density at radius 2 is 1.79 bits per heavy atom. The number of aliphatic imine (C=N–C) groups is 1. The summed E-state index contributed by atoms with van der Waals surface area (Å²) in [5.74, 6) is 1.52. The highest BCUT2D eigenvalue weighted by molar-refractivity contribution is 5.81. The van der Waals surface area contributed by atoms with E-state index in [1.54, 1.807) is 0 Å². The molecule has 2 rings (SSSR count). The van der Waals surface area contributed by atoms with Crippen molar-refractivity contribution >= 4 is 11.9 Å². The average Bonchev–Trinajstić information content (AvgIpc) is 3.14. The highest BCUT2D eigenvalue weighted by Gasteiger charge is 2.31. The first-order valence-corrected chi connectivity index (χ1v) is 11.4. The minimum Gasteiger partial charge on any atom is -0.356 e. The molecule has 6 nitrogen and oxygen atoms in total. The van der Waals surface area contributed by atoms with Crippen LogP contribution in [0, 0.1) is 5.92 Å². The molecule has 162 valence electrons. The Labute approximate surface area is 172 Å². The monoisotopic (exact) mass is 393 g/mol. The van der Waals surface area contributed by atoms with Crippen LogP contribution in [0.15, 0.2) is 4.99 Å². The van der Waals surface area contributed by atoms with E-state index in [0.717, 1.165) is 57.8 Å². The molecule has 1 saturated heterocycles. The molecular formula is C22H43N5O. The molecule has 1 atom stereocenters. The fraction of sp³-hybridized carbons (Fsp3) is 0.909. The summed E-state index contributed by atoms with van der Waals surface area (Å²) in [4.78, 5) is 21.7. The Balaban J connectivity index is 1.69. The second-order valence-electron chi connectivity index (χ2n) is 9.03. The number of guanidine groups is 1. The molecule has 0 aromatic carbocycles. The minimum atomic E-state index is 0.273. The summed E-state index contributed by atoms with van der Waals surface area (Å²) in [7, 11) is 1.82. The maximum atomic E-state index is 12.7. The lowest BCUT2D eigenvalue weighted by Crippen LogP contribution is -2.46.